The van der Waals surface area contributed by atoms with Crippen molar-refractivity contribution >= 4 is 15.9 Å². The Kier molecular flexibility index (Phi) is 6.35. The average Bonchev–Trinajstić information content (AvgIpc) is 2.32. The first-order chi connectivity index (χ1) is 9.22. The summed E-state index contributed by atoms with van der Waals surface area (Å²) < 4.78 is 66.7. The van der Waals surface area contributed by atoms with E-state index in [4.69, 9.17) is 5.73 Å². The lowest BCUT2D eigenvalue weighted by Gasteiger charge is -2.18. The number of nitrogens with two attached hydrogens (primary N) is 1. The van der Waals surface area contributed by atoms with Crippen LogP contribution in [-0.4, -0.2) is 31.6 Å². The molecule has 0 amide bonds. The molecule has 0 fully saturated rings. The molecular formula is C12H13BrF5NO. The van der Waals surface area contributed by atoms with Crippen LogP contribution in [0.15, 0.2) is 22.7 Å². The van der Waals surface area contributed by atoms with Gasteiger partial charge in [0.2, 0.25) is 0 Å². The van der Waals surface area contributed by atoms with Crippen molar-refractivity contribution in [1.29, 1.82) is 0 Å². The molecule has 2 nitrogen and oxygen atoms in total. The normalized spacial score (nSPS) is 13.8. The predicted molar refractivity (Wildman–Crippen MR) is 67.5 cm³/mol. The van der Waals surface area contributed by atoms with E-state index < -0.39 is 30.8 Å². The van der Waals surface area contributed by atoms with Crippen LogP contribution in [0.4, 0.5) is 22.0 Å². The van der Waals surface area contributed by atoms with Gasteiger partial charge < -0.3 is 10.5 Å². The number of alkyl halides is 4. The monoisotopic (exact) mass is 361 g/mol. The molecular weight excluding hydrogens is 349 g/mol. The van der Waals surface area contributed by atoms with Gasteiger partial charge in [-0.25, -0.2) is 13.2 Å². The maximum absolute atomic E-state index is 12.9. The lowest BCUT2D eigenvalue weighted by atomic mass is 10.1. The summed E-state index contributed by atoms with van der Waals surface area (Å²) >= 11 is 3.14. The minimum Gasteiger partial charge on any atom is -0.373 e. The molecule has 1 unspecified atom stereocenters. The van der Waals surface area contributed by atoms with Crippen molar-refractivity contribution in [3.05, 3.63) is 34.1 Å². The molecule has 2 N–H and O–H groups in total. The molecule has 8 heteroatoms. The molecule has 0 aliphatic heterocycles. The van der Waals surface area contributed by atoms with E-state index >= 15 is 0 Å². The van der Waals surface area contributed by atoms with Crippen molar-refractivity contribution in [2.75, 3.05) is 13.2 Å². The van der Waals surface area contributed by atoms with Crippen molar-refractivity contribution in [3.8, 4) is 0 Å². The van der Waals surface area contributed by atoms with Gasteiger partial charge in [-0.15, -0.1) is 0 Å². The molecule has 1 aromatic carbocycles. The first-order valence-corrected chi connectivity index (χ1v) is 6.45. The highest BCUT2D eigenvalue weighted by molar-refractivity contribution is 9.10. The van der Waals surface area contributed by atoms with Crippen LogP contribution in [-0.2, 0) is 11.2 Å². The maximum Gasteiger partial charge on any atom is 0.330 e. The summed E-state index contributed by atoms with van der Waals surface area (Å²) in [5.41, 5.74) is 6.32. The lowest BCUT2D eigenvalue weighted by molar-refractivity contribution is -0.166. The smallest absolute Gasteiger partial charge is 0.330 e. The molecule has 1 rings (SSSR count). The topological polar surface area (TPSA) is 35.2 Å². The zero-order valence-electron chi connectivity index (χ0n) is 10.3. The van der Waals surface area contributed by atoms with E-state index in [2.05, 4.69) is 20.7 Å². The fraction of sp³-hybridized carbons (Fsp3) is 0.500. The summed E-state index contributed by atoms with van der Waals surface area (Å²) in [6.45, 7) is -1.69. The van der Waals surface area contributed by atoms with Gasteiger partial charge >= 0.3 is 12.3 Å². The van der Waals surface area contributed by atoms with Crippen LogP contribution in [0.1, 0.15) is 5.56 Å². The molecule has 0 aromatic heterocycles. The Labute approximate surface area is 121 Å². The number of halogens is 6. The third kappa shape index (κ3) is 5.34. The summed E-state index contributed by atoms with van der Waals surface area (Å²) in [6, 6.07) is 3.31. The number of hydrogen-bond donors (Lipinski definition) is 1. The second kappa shape index (κ2) is 7.33. The van der Waals surface area contributed by atoms with Crippen LogP contribution in [0.3, 0.4) is 0 Å². The molecule has 0 aliphatic carbocycles. The predicted octanol–water partition coefficient (Wildman–Crippen LogP) is 3.38. The average molecular weight is 362 g/mol. The Bertz CT molecular complexity index is 444. The third-order valence-electron chi connectivity index (χ3n) is 2.44. The van der Waals surface area contributed by atoms with Gasteiger partial charge in [0.15, 0.2) is 0 Å². The quantitative estimate of drug-likeness (QED) is 0.755. The fourth-order valence-corrected chi connectivity index (χ4v) is 1.95. The van der Waals surface area contributed by atoms with Crippen molar-refractivity contribution in [2.24, 2.45) is 5.73 Å². The van der Waals surface area contributed by atoms with Gasteiger partial charge in [0.1, 0.15) is 12.4 Å². The third-order valence-corrected chi connectivity index (χ3v) is 3.18. The van der Waals surface area contributed by atoms with E-state index in [1.54, 1.807) is 0 Å². The minimum atomic E-state index is -4.18. The van der Waals surface area contributed by atoms with Crippen LogP contribution >= 0.6 is 15.9 Å². The van der Waals surface area contributed by atoms with Gasteiger partial charge in [0, 0.05) is 10.5 Å². The Balaban J connectivity index is 2.42. The summed E-state index contributed by atoms with van der Waals surface area (Å²) in [4.78, 5) is 0. The summed E-state index contributed by atoms with van der Waals surface area (Å²) in [5.74, 6) is -4.61. The van der Waals surface area contributed by atoms with E-state index in [1.165, 1.54) is 18.2 Å². The van der Waals surface area contributed by atoms with Gasteiger partial charge in [-0.05, 0) is 24.1 Å². The Morgan fingerprint density at radius 3 is 2.50 bits per heavy atom. The van der Waals surface area contributed by atoms with Crippen LogP contribution < -0.4 is 5.73 Å². The number of hydrogen-bond acceptors (Lipinski definition) is 2. The van der Waals surface area contributed by atoms with Gasteiger partial charge in [-0.1, -0.05) is 22.0 Å². The Morgan fingerprint density at radius 2 is 1.95 bits per heavy atom. The highest BCUT2D eigenvalue weighted by Gasteiger charge is 2.41. The van der Waals surface area contributed by atoms with Gasteiger partial charge in [0.05, 0.1) is 6.61 Å². The van der Waals surface area contributed by atoms with Gasteiger partial charge in [0.25, 0.3) is 0 Å². The maximum atomic E-state index is 12.9. The van der Waals surface area contributed by atoms with E-state index in [1.807, 2.05) is 0 Å². The molecule has 1 atom stereocenters. The highest BCUT2D eigenvalue weighted by atomic mass is 79.9. The molecule has 20 heavy (non-hydrogen) atoms. The van der Waals surface area contributed by atoms with E-state index in [-0.39, 0.29) is 13.0 Å². The van der Waals surface area contributed by atoms with Crippen LogP contribution in [0.5, 0.6) is 0 Å². The van der Waals surface area contributed by atoms with E-state index in [0.29, 0.717) is 10.0 Å². The van der Waals surface area contributed by atoms with Crippen molar-refractivity contribution < 1.29 is 26.7 Å². The molecule has 0 aliphatic rings. The number of rotatable bonds is 7. The van der Waals surface area contributed by atoms with Gasteiger partial charge in [-0.2, -0.15) is 8.78 Å². The molecule has 0 spiro atoms. The summed E-state index contributed by atoms with van der Waals surface area (Å²) in [6.07, 6.45) is -3.54. The van der Waals surface area contributed by atoms with Crippen molar-refractivity contribution in [3.63, 3.8) is 0 Å². The SMILES string of the molecule is NC(COCC(F)(F)C(F)F)Cc1ccc(F)cc1Br. The lowest BCUT2D eigenvalue weighted by Crippen LogP contribution is -2.36. The number of ether oxygens (including phenoxy) is 1. The highest BCUT2D eigenvalue weighted by Crippen LogP contribution is 2.23. The molecule has 0 saturated carbocycles. The van der Waals surface area contributed by atoms with E-state index in [9.17, 15) is 22.0 Å². The standard InChI is InChI=1S/C12H13BrF5NO/c13-10-4-8(14)2-1-7(10)3-9(19)5-20-6-12(17,18)11(15)16/h1-2,4,9,11H,3,5-6,19H2. The fourth-order valence-electron chi connectivity index (χ4n) is 1.44. The summed E-state index contributed by atoms with van der Waals surface area (Å²) in [5, 5.41) is 0. The first kappa shape index (κ1) is 17.3. The van der Waals surface area contributed by atoms with Crippen LogP contribution in [0.2, 0.25) is 0 Å². The molecule has 1 aromatic rings. The molecule has 0 heterocycles. The minimum absolute atomic E-state index is 0.237. The molecule has 114 valence electrons. The first-order valence-electron chi connectivity index (χ1n) is 5.65. The molecule has 0 bridgehead atoms. The van der Waals surface area contributed by atoms with E-state index in [0.717, 1.165) is 0 Å². The zero-order valence-corrected chi connectivity index (χ0v) is 11.8. The number of benzene rings is 1. The van der Waals surface area contributed by atoms with Crippen molar-refractivity contribution in [1.82, 2.24) is 0 Å². The molecule has 0 radical (unpaired) electrons. The van der Waals surface area contributed by atoms with Crippen LogP contribution in [0.25, 0.3) is 0 Å². The van der Waals surface area contributed by atoms with Crippen molar-refractivity contribution in [2.45, 2.75) is 24.8 Å². The zero-order chi connectivity index (χ0) is 15.3. The van der Waals surface area contributed by atoms with Crippen LogP contribution in [0, 0.1) is 5.82 Å². The second-order valence-electron chi connectivity index (χ2n) is 4.28. The largest absolute Gasteiger partial charge is 0.373 e. The Morgan fingerprint density at radius 1 is 1.30 bits per heavy atom. The Hall–Kier alpha value is -0.730. The summed E-state index contributed by atoms with van der Waals surface area (Å²) in [7, 11) is 0. The second-order valence-corrected chi connectivity index (χ2v) is 5.13. The van der Waals surface area contributed by atoms with Gasteiger partial charge in [-0.3, -0.25) is 0 Å². The molecule has 0 saturated heterocycles.